The highest BCUT2D eigenvalue weighted by molar-refractivity contribution is 5.69. The van der Waals surface area contributed by atoms with Crippen molar-refractivity contribution in [2.24, 2.45) is 0 Å². The fourth-order valence-corrected chi connectivity index (χ4v) is 3.06. The average Bonchev–Trinajstić information content (AvgIpc) is 2.38. The van der Waals surface area contributed by atoms with Gasteiger partial charge in [0.25, 0.3) is 0 Å². The Kier molecular flexibility index (Phi) is 5.43. The van der Waals surface area contributed by atoms with E-state index in [4.69, 9.17) is 4.74 Å². The summed E-state index contributed by atoms with van der Waals surface area (Å²) in [6.07, 6.45) is 1.15. The third-order valence-corrected chi connectivity index (χ3v) is 3.94. The van der Waals surface area contributed by atoms with Crippen LogP contribution in [0.1, 0.15) is 40.0 Å². The van der Waals surface area contributed by atoms with E-state index in [2.05, 4.69) is 10.6 Å². The molecule has 2 saturated heterocycles. The molecule has 0 saturated carbocycles. The summed E-state index contributed by atoms with van der Waals surface area (Å²) in [6.45, 7) is 8.33. The zero-order chi connectivity index (χ0) is 15.5. The lowest BCUT2D eigenvalue weighted by Crippen LogP contribution is -2.59. The number of nitrogens with zero attached hydrogens (tertiary/aromatic N) is 1. The van der Waals surface area contributed by atoms with E-state index in [9.17, 15) is 9.18 Å². The normalized spacial score (nSPS) is 30.8. The summed E-state index contributed by atoms with van der Waals surface area (Å²) in [4.78, 5) is 14.4. The molecule has 0 aromatic heterocycles. The zero-order valence-electron chi connectivity index (χ0n) is 13.3. The van der Waals surface area contributed by atoms with E-state index < -0.39 is 11.8 Å². The number of carbonyl (C=O) groups is 1. The maximum Gasteiger partial charge on any atom is 0.410 e. The van der Waals surface area contributed by atoms with Crippen molar-refractivity contribution in [3.8, 4) is 0 Å². The molecule has 2 heterocycles. The number of ether oxygens (including phenoxy) is 1. The fraction of sp³-hybridized carbons (Fsp3) is 0.933. The summed E-state index contributed by atoms with van der Waals surface area (Å²) in [6, 6.07) is -0.0424. The Bertz CT molecular complexity index is 353. The molecule has 5 nitrogen and oxygen atoms in total. The smallest absolute Gasteiger partial charge is 0.410 e. The molecule has 6 heteroatoms. The van der Waals surface area contributed by atoms with Crippen molar-refractivity contribution >= 4 is 6.09 Å². The van der Waals surface area contributed by atoms with Gasteiger partial charge in [-0.3, -0.25) is 4.90 Å². The van der Waals surface area contributed by atoms with E-state index in [1.54, 1.807) is 4.90 Å². The van der Waals surface area contributed by atoms with E-state index in [0.29, 0.717) is 19.5 Å². The van der Waals surface area contributed by atoms with Gasteiger partial charge in [0.2, 0.25) is 0 Å². The summed E-state index contributed by atoms with van der Waals surface area (Å²) < 4.78 is 19.3. The molecule has 2 fully saturated rings. The second kappa shape index (κ2) is 6.92. The molecule has 1 amide bonds. The molecular weight excluding hydrogens is 273 g/mol. The third kappa shape index (κ3) is 4.81. The quantitative estimate of drug-likeness (QED) is 0.815. The topological polar surface area (TPSA) is 53.6 Å². The number of halogens is 1. The monoisotopic (exact) mass is 301 g/mol. The number of hydrogen-bond donors (Lipinski definition) is 2. The largest absolute Gasteiger partial charge is 0.444 e. The molecule has 0 aromatic rings. The van der Waals surface area contributed by atoms with Gasteiger partial charge in [-0.2, -0.15) is 0 Å². The highest BCUT2D eigenvalue weighted by Gasteiger charge is 2.37. The van der Waals surface area contributed by atoms with Crippen LogP contribution in [-0.4, -0.2) is 61.0 Å². The average molecular weight is 301 g/mol. The fourth-order valence-electron chi connectivity index (χ4n) is 3.06. The van der Waals surface area contributed by atoms with E-state index in [-0.39, 0.29) is 18.2 Å². The Hall–Kier alpha value is -0.880. The Morgan fingerprint density at radius 2 is 1.90 bits per heavy atom. The number of rotatable bonds is 2. The molecule has 2 rings (SSSR count). The SMILES string of the molecule is CC(C)(C)OC(=O)N(C1CCCNC1)C1CNCC(F)C1. The predicted octanol–water partition coefficient (Wildman–Crippen LogP) is 1.68. The van der Waals surface area contributed by atoms with Gasteiger partial charge in [0, 0.05) is 32.1 Å². The van der Waals surface area contributed by atoms with Crippen molar-refractivity contribution in [2.75, 3.05) is 26.2 Å². The van der Waals surface area contributed by atoms with Gasteiger partial charge in [-0.05, 0) is 40.2 Å². The zero-order valence-corrected chi connectivity index (χ0v) is 13.3. The number of hydrogen-bond acceptors (Lipinski definition) is 4. The highest BCUT2D eigenvalue weighted by atomic mass is 19.1. The first-order valence-corrected chi connectivity index (χ1v) is 7.93. The minimum atomic E-state index is -0.898. The molecule has 0 aromatic carbocycles. The first-order chi connectivity index (χ1) is 9.87. The van der Waals surface area contributed by atoms with Crippen molar-refractivity contribution in [2.45, 2.75) is 63.9 Å². The molecule has 0 spiro atoms. The van der Waals surface area contributed by atoms with Gasteiger partial charge in [0.05, 0.1) is 6.04 Å². The summed E-state index contributed by atoms with van der Waals surface area (Å²) in [5.41, 5.74) is -0.533. The molecule has 2 aliphatic rings. The summed E-state index contributed by atoms with van der Waals surface area (Å²) >= 11 is 0. The second-order valence-electron chi connectivity index (χ2n) is 7.03. The van der Waals surface area contributed by atoms with E-state index in [1.165, 1.54) is 0 Å². The Morgan fingerprint density at radius 3 is 2.48 bits per heavy atom. The number of amides is 1. The molecule has 0 aliphatic carbocycles. The van der Waals surface area contributed by atoms with Crippen molar-refractivity contribution < 1.29 is 13.9 Å². The second-order valence-corrected chi connectivity index (χ2v) is 7.03. The van der Waals surface area contributed by atoms with Crippen LogP contribution >= 0.6 is 0 Å². The summed E-state index contributed by atoms with van der Waals surface area (Å²) in [7, 11) is 0. The highest BCUT2D eigenvalue weighted by Crippen LogP contribution is 2.22. The lowest BCUT2D eigenvalue weighted by molar-refractivity contribution is -0.00534. The molecular formula is C15H28FN3O2. The van der Waals surface area contributed by atoms with E-state index in [0.717, 1.165) is 25.9 Å². The van der Waals surface area contributed by atoms with Gasteiger partial charge >= 0.3 is 6.09 Å². The maximum atomic E-state index is 13.7. The third-order valence-electron chi connectivity index (χ3n) is 3.94. The number of piperidine rings is 2. The van der Waals surface area contributed by atoms with Gasteiger partial charge in [0.1, 0.15) is 11.8 Å². The standard InChI is InChI=1S/C15H28FN3O2/c1-15(2,3)21-14(20)19(12-5-4-6-17-9-12)13-7-11(16)8-18-10-13/h11-13,17-18H,4-10H2,1-3H3. The van der Waals surface area contributed by atoms with Crippen LogP contribution < -0.4 is 10.6 Å². The van der Waals surface area contributed by atoms with E-state index >= 15 is 0 Å². The van der Waals surface area contributed by atoms with Crippen LogP contribution in [0.5, 0.6) is 0 Å². The van der Waals surface area contributed by atoms with Gasteiger partial charge in [-0.25, -0.2) is 9.18 Å². The molecule has 0 radical (unpaired) electrons. The van der Waals surface area contributed by atoms with Crippen LogP contribution in [0.15, 0.2) is 0 Å². The van der Waals surface area contributed by atoms with Crippen molar-refractivity contribution in [3.05, 3.63) is 0 Å². The Labute approximate surface area is 126 Å². The van der Waals surface area contributed by atoms with Gasteiger partial charge in [-0.1, -0.05) is 0 Å². The van der Waals surface area contributed by atoms with Crippen LogP contribution in [-0.2, 0) is 4.74 Å². The Morgan fingerprint density at radius 1 is 1.19 bits per heavy atom. The molecule has 3 atom stereocenters. The number of carbonyl (C=O) groups excluding carboxylic acids is 1. The van der Waals surface area contributed by atoms with Crippen molar-refractivity contribution in [3.63, 3.8) is 0 Å². The minimum Gasteiger partial charge on any atom is -0.444 e. The van der Waals surface area contributed by atoms with Crippen LogP contribution in [0.2, 0.25) is 0 Å². The summed E-state index contributed by atoms with van der Waals surface area (Å²) in [5, 5.41) is 6.40. The molecule has 122 valence electrons. The molecule has 21 heavy (non-hydrogen) atoms. The van der Waals surface area contributed by atoms with Crippen LogP contribution in [0, 0.1) is 0 Å². The first-order valence-electron chi connectivity index (χ1n) is 7.93. The Balaban J connectivity index is 2.10. The lowest BCUT2D eigenvalue weighted by Gasteiger charge is -2.42. The van der Waals surface area contributed by atoms with Crippen molar-refractivity contribution in [1.82, 2.24) is 15.5 Å². The summed E-state index contributed by atoms with van der Waals surface area (Å²) in [5.74, 6) is 0. The molecule has 0 bridgehead atoms. The lowest BCUT2D eigenvalue weighted by atomic mass is 9.99. The van der Waals surface area contributed by atoms with Crippen LogP contribution in [0.25, 0.3) is 0 Å². The van der Waals surface area contributed by atoms with Crippen LogP contribution in [0.4, 0.5) is 9.18 Å². The van der Waals surface area contributed by atoms with Gasteiger partial charge < -0.3 is 15.4 Å². The maximum absolute atomic E-state index is 13.7. The van der Waals surface area contributed by atoms with E-state index in [1.807, 2.05) is 20.8 Å². The van der Waals surface area contributed by atoms with Crippen LogP contribution in [0.3, 0.4) is 0 Å². The van der Waals surface area contributed by atoms with Gasteiger partial charge in [-0.15, -0.1) is 0 Å². The molecule has 2 N–H and O–H groups in total. The molecule has 3 unspecified atom stereocenters. The first kappa shape index (κ1) is 16.5. The number of nitrogens with one attached hydrogen (secondary N) is 2. The minimum absolute atomic E-state index is 0.0886. The molecule has 2 aliphatic heterocycles. The van der Waals surface area contributed by atoms with Gasteiger partial charge in [0.15, 0.2) is 0 Å². The number of alkyl halides is 1. The van der Waals surface area contributed by atoms with Crippen molar-refractivity contribution in [1.29, 1.82) is 0 Å². The predicted molar refractivity (Wildman–Crippen MR) is 80.1 cm³/mol.